The zero-order chi connectivity index (χ0) is 13.1. The normalized spacial score (nSPS) is 11.2. The highest BCUT2D eigenvalue weighted by molar-refractivity contribution is 5.81. The van der Waals surface area contributed by atoms with Gasteiger partial charge in [-0.2, -0.15) is 0 Å². The summed E-state index contributed by atoms with van der Waals surface area (Å²) in [5.74, 6) is -0.317. The number of nitrogens with zero attached hydrogens (tertiary/aromatic N) is 1. The number of likely N-dealkylation sites (N-methyl/N-ethyl adjacent to an activating group) is 1. The zero-order valence-corrected chi connectivity index (χ0v) is 11.7. The third-order valence-corrected chi connectivity index (χ3v) is 3.15. The molecule has 0 unspecified atom stereocenters. The van der Waals surface area contributed by atoms with Crippen LogP contribution < -0.4 is 0 Å². The van der Waals surface area contributed by atoms with Gasteiger partial charge < -0.3 is 9.22 Å². The van der Waals surface area contributed by atoms with Crippen LogP contribution in [0.5, 0.6) is 0 Å². The van der Waals surface area contributed by atoms with E-state index in [4.69, 9.17) is 4.74 Å². The van der Waals surface area contributed by atoms with Gasteiger partial charge >= 0.3 is 5.97 Å². The van der Waals surface area contributed by atoms with Crippen molar-refractivity contribution in [1.29, 1.82) is 0 Å². The number of hydrogen-bond donors (Lipinski definition) is 0. The van der Waals surface area contributed by atoms with Crippen LogP contribution in [0.25, 0.3) is 0 Å². The van der Waals surface area contributed by atoms with E-state index in [1.54, 1.807) is 0 Å². The van der Waals surface area contributed by atoms with E-state index in [-0.39, 0.29) is 5.97 Å². The highest BCUT2D eigenvalue weighted by Crippen LogP contribution is 2.08. The van der Waals surface area contributed by atoms with Crippen LogP contribution in [0.2, 0.25) is 0 Å². The molecule has 3 nitrogen and oxygen atoms in total. The van der Waals surface area contributed by atoms with Crippen LogP contribution >= 0.6 is 0 Å². The third-order valence-electron chi connectivity index (χ3n) is 3.15. The Labute approximate surface area is 106 Å². The van der Waals surface area contributed by atoms with Crippen LogP contribution in [0.1, 0.15) is 39.5 Å². The van der Waals surface area contributed by atoms with Crippen molar-refractivity contribution in [3.63, 3.8) is 0 Å². The molecule has 0 aromatic carbocycles. The predicted molar refractivity (Wildman–Crippen MR) is 71.8 cm³/mol. The molecule has 0 fully saturated rings. The predicted octanol–water partition coefficient (Wildman–Crippen LogP) is 2.76. The number of quaternary nitrogens is 1. The van der Waals surface area contributed by atoms with Gasteiger partial charge in [-0.05, 0) is 12.8 Å². The fourth-order valence-corrected chi connectivity index (χ4v) is 1.84. The van der Waals surface area contributed by atoms with Crippen LogP contribution in [-0.2, 0) is 9.53 Å². The zero-order valence-electron chi connectivity index (χ0n) is 11.7. The highest BCUT2D eigenvalue weighted by atomic mass is 16.5. The number of esters is 1. The van der Waals surface area contributed by atoms with Crippen molar-refractivity contribution in [3.05, 3.63) is 12.7 Å². The molecule has 100 valence electrons. The minimum absolute atomic E-state index is 0.317. The van der Waals surface area contributed by atoms with Crippen molar-refractivity contribution in [3.8, 4) is 0 Å². The first-order chi connectivity index (χ1) is 8.08. The minimum Gasteiger partial charge on any atom is -0.457 e. The Morgan fingerprint density at radius 3 is 2.12 bits per heavy atom. The van der Waals surface area contributed by atoms with Gasteiger partial charge in [0, 0.05) is 6.08 Å². The molecule has 0 aromatic heterocycles. The molecule has 0 rings (SSSR count). The van der Waals surface area contributed by atoms with Crippen LogP contribution in [0.3, 0.4) is 0 Å². The molecule has 0 amide bonds. The molecule has 0 heterocycles. The summed E-state index contributed by atoms with van der Waals surface area (Å²) in [5, 5.41) is 0. The van der Waals surface area contributed by atoms with Crippen molar-refractivity contribution in [2.24, 2.45) is 0 Å². The molecule has 3 heteroatoms. The van der Waals surface area contributed by atoms with E-state index in [0.29, 0.717) is 6.61 Å². The van der Waals surface area contributed by atoms with E-state index in [9.17, 15) is 4.79 Å². The van der Waals surface area contributed by atoms with Gasteiger partial charge in [0.05, 0.1) is 20.1 Å². The molecular formula is C14H28NO2+. The van der Waals surface area contributed by atoms with Crippen molar-refractivity contribution in [2.45, 2.75) is 39.5 Å². The topological polar surface area (TPSA) is 26.3 Å². The number of hydrogen-bond acceptors (Lipinski definition) is 2. The van der Waals surface area contributed by atoms with Crippen LogP contribution in [0.4, 0.5) is 0 Å². The Morgan fingerprint density at radius 2 is 1.71 bits per heavy atom. The summed E-state index contributed by atoms with van der Waals surface area (Å²) >= 11 is 0. The average Bonchev–Trinajstić information content (AvgIpc) is 2.34. The second-order valence-electron chi connectivity index (χ2n) is 4.87. The number of unbranched alkanes of at least 4 members (excludes halogenated alkanes) is 2. The summed E-state index contributed by atoms with van der Waals surface area (Å²) in [7, 11) is 2.26. The lowest BCUT2D eigenvalue weighted by Gasteiger charge is -2.34. The quantitative estimate of drug-likeness (QED) is 0.334. The van der Waals surface area contributed by atoms with Crippen molar-refractivity contribution >= 4 is 5.97 Å². The van der Waals surface area contributed by atoms with Gasteiger partial charge in [-0.3, -0.25) is 0 Å². The first-order valence-corrected chi connectivity index (χ1v) is 6.70. The van der Waals surface area contributed by atoms with Crippen LogP contribution in [-0.4, -0.2) is 43.7 Å². The summed E-state index contributed by atoms with van der Waals surface area (Å²) in [6, 6.07) is 0. The molecule has 0 aliphatic rings. The standard InChI is InChI=1S/C14H28NO2/c1-5-8-10-15(4,11-9-6-2)12-13-17-14(16)7-3/h7H,3,5-6,8-13H2,1-2,4H3/q+1. The van der Waals surface area contributed by atoms with E-state index in [1.807, 2.05) is 0 Å². The SMILES string of the molecule is C=CC(=O)OCC[N+](C)(CCCC)CCCC. The highest BCUT2D eigenvalue weighted by Gasteiger charge is 2.20. The van der Waals surface area contributed by atoms with Gasteiger partial charge in [0.2, 0.25) is 0 Å². The smallest absolute Gasteiger partial charge is 0.330 e. The summed E-state index contributed by atoms with van der Waals surface area (Å²) in [6.07, 6.45) is 6.12. The van der Waals surface area contributed by atoms with E-state index in [0.717, 1.165) is 11.0 Å². The minimum atomic E-state index is -0.317. The van der Waals surface area contributed by atoms with Gasteiger partial charge in [0.15, 0.2) is 0 Å². The lowest BCUT2D eigenvalue weighted by atomic mass is 10.2. The maximum Gasteiger partial charge on any atom is 0.330 e. The van der Waals surface area contributed by atoms with Crippen molar-refractivity contribution in [1.82, 2.24) is 0 Å². The largest absolute Gasteiger partial charge is 0.457 e. The Hall–Kier alpha value is -0.830. The maximum atomic E-state index is 11.0. The second kappa shape index (κ2) is 9.23. The molecule has 0 aliphatic heterocycles. The lowest BCUT2D eigenvalue weighted by molar-refractivity contribution is -0.910. The summed E-state index contributed by atoms with van der Waals surface area (Å²) in [4.78, 5) is 11.0. The monoisotopic (exact) mass is 242 g/mol. The van der Waals surface area contributed by atoms with Gasteiger partial charge in [-0.1, -0.05) is 33.3 Å². The van der Waals surface area contributed by atoms with Crippen molar-refractivity contribution < 1.29 is 14.0 Å². The Bertz CT molecular complexity index is 218. The number of ether oxygens (including phenoxy) is 1. The molecule has 0 atom stereocenters. The summed E-state index contributed by atoms with van der Waals surface area (Å²) < 4.78 is 6.08. The Morgan fingerprint density at radius 1 is 1.18 bits per heavy atom. The van der Waals surface area contributed by atoms with Gasteiger partial charge in [-0.25, -0.2) is 4.79 Å². The van der Waals surface area contributed by atoms with Gasteiger partial charge in [0.1, 0.15) is 13.2 Å². The Balaban J connectivity index is 4.07. The molecule has 0 N–H and O–H groups in total. The number of carbonyl (C=O) groups excluding carboxylic acids is 1. The molecule has 0 saturated heterocycles. The second-order valence-corrected chi connectivity index (χ2v) is 4.87. The van der Waals surface area contributed by atoms with Crippen molar-refractivity contribution in [2.75, 3.05) is 33.3 Å². The fourth-order valence-electron chi connectivity index (χ4n) is 1.84. The first-order valence-electron chi connectivity index (χ1n) is 6.70. The number of rotatable bonds is 10. The van der Waals surface area contributed by atoms with Crippen LogP contribution in [0, 0.1) is 0 Å². The molecule has 17 heavy (non-hydrogen) atoms. The molecule has 0 aliphatic carbocycles. The molecule has 0 bridgehead atoms. The van der Waals surface area contributed by atoms with E-state index >= 15 is 0 Å². The maximum absolute atomic E-state index is 11.0. The van der Waals surface area contributed by atoms with E-state index in [2.05, 4.69) is 27.5 Å². The molecule has 0 aromatic rings. The average molecular weight is 242 g/mol. The van der Waals surface area contributed by atoms with E-state index in [1.165, 1.54) is 44.8 Å². The lowest BCUT2D eigenvalue weighted by Crippen LogP contribution is -2.47. The summed E-state index contributed by atoms with van der Waals surface area (Å²) in [6.45, 7) is 11.6. The van der Waals surface area contributed by atoms with Gasteiger partial charge in [-0.15, -0.1) is 0 Å². The number of carbonyl (C=O) groups is 1. The molecule has 0 saturated carbocycles. The molecule has 0 spiro atoms. The summed E-state index contributed by atoms with van der Waals surface area (Å²) in [5.41, 5.74) is 0. The van der Waals surface area contributed by atoms with Crippen LogP contribution in [0.15, 0.2) is 12.7 Å². The van der Waals surface area contributed by atoms with Gasteiger partial charge in [0.25, 0.3) is 0 Å². The molecular weight excluding hydrogens is 214 g/mol. The third kappa shape index (κ3) is 7.97. The first kappa shape index (κ1) is 16.2. The molecule has 0 radical (unpaired) electrons. The van der Waals surface area contributed by atoms with E-state index < -0.39 is 0 Å². The Kier molecular flexibility index (Phi) is 8.78. The fraction of sp³-hybridized carbons (Fsp3) is 0.786.